The standard InChI is InChI=1S/C6H12O10S/c7-2(1-16-17(13,14)15)3(8)4(9)5(10)6(11)12/h2-5,7-10H,1H2,(H,11,12)(H,13,14,15)/t2-,3+,4+,5+/m0/s1. The van der Waals surface area contributed by atoms with Crippen LogP contribution < -0.4 is 0 Å². The van der Waals surface area contributed by atoms with Crippen molar-refractivity contribution in [2.24, 2.45) is 0 Å². The van der Waals surface area contributed by atoms with E-state index in [1.807, 2.05) is 0 Å². The van der Waals surface area contributed by atoms with Crippen LogP contribution in [0, 0.1) is 0 Å². The van der Waals surface area contributed by atoms with Crippen LogP contribution in [0.25, 0.3) is 0 Å². The lowest BCUT2D eigenvalue weighted by molar-refractivity contribution is -0.163. The third-order valence-corrected chi connectivity index (χ3v) is 2.14. The summed E-state index contributed by atoms with van der Waals surface area (Å²) in [6.07, 6.45) is -8.83. The van der Waals surface area contributed by atoms with Crippen molar-refractivity contribution in [2.45, 2.75) is 24.4 Å². The highest BCUT2D eigenvalue weighted by atomic mass is 32.3. The molecule has 0 rings (SSSR count). The van der Waals surface area contributed by atoms with E-state index in [0.29, 0.717) is 0 Å². The Labute approximate surface area is 95.6 Å². The normalized spacial score (nSPS) is 19.4. The largest absolute Gasteiger partial charge is 0.479 e. The summed E-state index contributed by atoms with van der Waals surface area (Å²) in [6, 6.07) is 0. The van der Waals surface area contributed by atoms with Gasteiger partial charge in [0.25, 0.3) is 0 Å². The van der Waals surface area contributed by atoms with E-state index in [4.69, 9.17) is 30.1 Å². The predicted molar refractivity (Wildman–Crippen MR) is 49.2 cm³/mol. The Kier molecular flexibility index (Phi) is 5.91. The number of aliphatic hydroxyl groups is 4. The molecule has 0 aliphatic carbocycles. The van der Waals surface area contributed by atoms with Gasteiger partial charge < -0.3 is 25.5 Å². The average Bonchev–Trinajstić information content (AvgIpc) is 2.21. The van der Waals surface area contributed by atoms with Crippen molar-refractivity contribution in [1.29, 1.82) is 0 Å². The van der Waals surface area contributed by atoms with Crippen LogP contribution in [0.1, 0.15) is 0 Å². The van der Waals surface area contributed by atoms with Crippen LogP contribution in [-0.2, 0) is 19.4 Å². The highest BCUT2D eigenvalue weighted by molar-refractivity contribution is 7.80. The summed E-state index contributed by atoms with van der Waals surface area (Å²) in [5.41, 5.74) is 0. The van der Waals surface area contributed by atoms with Crippen molar-refractivity contribution in [3.8, 4) is 0 Å². The van der Waals surface area contributed by atoms with E-state index in [2.05, 4.69) is 4.18 Å². The number of aliphatic carboxylic acids is 1. The van der Waals surface area contributed by atoms with Crippen LogP contribution in [0.4, 0.5) is 0 Å². The molecule has 0 amide bonds. The minimum absolute atomic E-state index is 1.12. The maximum Gasteiger partial charge on any atom is 0.397 e. The lowest BCUT2D eigenvalue weighted by Gasteiger charge is -2.23. The third-order valence-electron chi connectivity index (χ3n) is 1.71. The quantitative estimate of drug-likeness (QED) is 0.253. The molecule has 102 valence electrons. The summed E-state index contributed by atoms with van der Waals surface area (Å²) in [5.74, 6) is -1.85. The first-order valence-electron chi connectivity index (χ1n) is 4.13. The molecular formula is C6H12O10S. The monoisotopic (exact) mass is 276 g/mol. The molecule has 10 nitrogen and oxygen atoms in total. The van der Waals surface area contributed by atoms with Gasteiger partial charge in [0.15, 0.2) is 6.10 Å². The topological polar surface area (TPSA) is 182 Å². The van der Waals surface area contributed by atoms with Gasteiger partial charge in [-0.3, -0.25) is 4.55 Å². The molecule has 0 spiro atoms. The van der Waals surface area contributed by atoms with E-state index in [0.717, 1.165) is 0 Å². The average molecular weight is 276 g/mol. The Bertz CT molecular complexity index is 350. The van der Waals surface area contributed by atoms with Gasteiger partial charge in [-0.1, -0.05) is 0 Å². The third kappa shape index (κ3) is 5.88. The van der Waals surface area contributed by atoms with Crippen molar-refractivity contribution in [1.82, 2.24) is 0 Å². The summed E-state index contributed by atoms with van der Waals surface area (Å²) >= 11 is 0. The zero-order valence-corrected chi connectivity index (χ0v) is 9.06. The molecule has 0 aromatic heterocycles. The van der Waals surface area contributed by atoms with Gasteiger partial charge in [0.2, 0.25) is 0 Å². The van der Waals surface area contributed by atoms with Crippen molar-refractivity contribution in [3.63, 3.8) is 0 Å². The summed E-state index contributed by atoms with van der Waals surface area (Å²) in [6.45, 7) is -1.12. The number of carboxylic acids is 1. The van der Waals surface area contributed by atoms with Crippen molar-refractivity contribution >= 4 is 16.4 Å². The molecule has 0 bridgehead atoms. The number of carbonyl (C=O) groups is 1. The fraction of sp³-hybridized carbons (Fsp3) is 0.833. The van der Waals surface area contributed by atoms with Crippen LogP contribution in [0.15, 0.2) is 0 Å². The first kappa shape index (κ1) is 16.2. The Hall–Kier alpha value is -0.820. The van der Waals surface area contributed by atoms with Crippen molar-refractivity contribution < 1.29 is 47.5 Å². The maximum atomic E-state index is 10.2. The van der Waals surface area contributed by atoms with Crippen molar-refractivity contribution in [3.05, 3.63) is 0 Å². The molecule has 0 unspecified atom stereocenters. The molecule has 4 atom stereocenters. The maximum absolute atomic E-state index is 10.2. The second-order valence-corrected chi connectivity index (χ2v) is 4.14. The fourth-order valence-corrected chi connectivity index (χ4v) is 1.13. The highest BCUT2D eigenvalue weighted by Gasteiger charge is 2.34. The minimum Gasteiger partial charge on any atom is -0.479 e. The Morgan fingerprint density at radius 1 is 1.12 bits per heavy atom. The summed E-state index contributed by atoms with van der Waals surface area (Å²) < 4.78 is 32.0. The Balaban J connectivity index is 4.39. The van der Waals surface area contributed by atoms with Gasteiger partial charge in [0.05, 0.1) is 6.61 Å². The molecule has 0 aliphatic rings. The summed E-state index contributed by atoms with van der Waals surface area (Å²) in [5, 5.41) is 44.3. The van der Waals surface area contributed by atoms with Gasteiger partial charge in [-0.2, -0.15) is 8.42 Å². The fourth-order valence-electron chi connectivity index (χ4n) is 0.815. The first-order valence-corrected chi connectivity index (χ1v) is 5.49. The van der Waals surface area contributed by atoms with E-state index in [1.165, 1.54) is 0 Å². The van der Waals surface area contributed by atoms with E-state index in [1.54, 1.807) is 0 Å². The molecule has 0 radical (unpaired) electrons. The van der Waals surface area contributed by atoms with Gasteiger partial charge in [-0.05, 0) is 0 Å². The van der Waals surface area contributed by atoms with Crippen LogP contribution in [0.3, 0.4) is 0 Å². The SMILES string of the molecule is O=C(O)[C@H](O)[C@H](O)[C@H](O)[C@@H](O)COS(=O)(=O)O. The van der Waals surface area contributed by atoms with Crippen molar-refractivity contribution in [2.75, 3.05) is 6.61 Å². The van der Waals surface area contributed by atoms with Crippen LogP contribution >= 0.6 is 0 Å². The molecule has 17 heavy (non-hydrogen) atoms. The summed E-state index contributed by atoms with van der Waals surface area (Å²) in [4.78, 5) is 10.2. The van der Waals surface area contributed by atoms with E-state index in [-0.39, 0.29) is 0 Å². The molecule has 0 saturated heterocycles. The molecule has 6 N–H and O–H groups in total. The second kappa shape index (κ2) is 6.20. The predicted octanol–water partition coefficient (Wildman–Crippen LogP) is -3.67. The van der Waals surface area contributed by atoms with Crippen LogP contribution in [-0.4, -0.2) is 75.5 Å². The lowest BCUT2D eigenvalue weighted by atomic mass is 10.0. The van der Waals surface area contributed by atoms with Gasteiger partial charge >= 0.3 is 16.4 Å². The van der Waals surface area contributed by atoms with Crippen LogP contribution in [0.5, 0.6) is 0 Å². The highest BCUT2D eigenvalue weighted by Crippen LogP contribution is 2.06. The number of aliphatic hydroxyl groups excluding tert-OH is 4. The van der Waals surface area contributed by atoms with Gasteiger partial charge in [0, 0.05) is 0 Å². The summed E-state index contributed by atoms with van der Waals surface area (Å²) in [7, 11) is -4.85. The molecule has 0 aromatic rings. The van der Waals surface area contributed by atoms with E-state index in [9.17, 15) is 13.2 Å². The van der Waals surface area contributed by atoms with Gasteiger partial charge in [-0.25, -0.2) is 8.98 Å². The minimum atomic E-state index is -4.85. The van der Waals surface area contributed by atoms with E-state index < -0.39 is 47.4 Å². The van der Waals surface area contributed by atoms with Gasteiger partial charge in [-0.15, -0.1) is 0 Å². The zero-order chi connectivity index (χ0) is 13.8. The number of rotatable bonds is 7. The lowest BCUT2D eigenvalue weighted by Crippen LogP contribution is -2.49. The Morgan fingerprint density at radius 2 is 1.59 bits per heavy atom. The first-order chi connectivity index (χ1) is 7.56. The molecule has 0 aromatic carbocycles. The smallest absolute Gasteiger partial charge is 0.397 e. The molecule has 11 heteroatoms. The van der Waals surface area contributed by atoms with E-state index >= 15 is 0 Å². The molecule has 0 saturated carbocycles. The van der Waals surface area contributed by atoms with Gasteiger partial charge in [0.1, 0.15) is 18.3 Å². The number of carboxylic acid groups (broad SMARTS) is 1. The number of hydrogen-bond acceptors (Lipinski definition) is 8. The molecule has 0 fully saturated rings. The molecule has 0 aliphatic heterocycles. The number of hydrogen-bond donors (Lipinski definition) is 6. The zero-order valence-electron chi connectivity index (χ0n) is 8.24. The van der Waals surface area contributed by atoms with Crippen LogP contribution in [0.2, 0.25) is 0 Å². The second-order valence-electron chi connectivity index (χ2n) is 3.04. The Morgan fingerprint density at radius 3 is 1.94 bits per heavy atom. The molecular weight excluding hydrogens is 264 g/mol. The molecule has 0 heterocycles.